The number of hydrogen-bond donors (Lipinski definition) is 1. The van der Waals surface area contributed by atoms with Gasteiger partial charge in [-0.15, -0.1) is 0 Å². The molecule has 2 aromatic carbocycles. The zero-order valence-electron chi connectivity index (χ0n) is 12.6. The van der Waals surface area contributed by atoms with Gasteiger partial charge in [-0.25, -0.2) is 4.79 Å². The third-order valence-corrected chi connectivity index (χ3v) is 3.40. The first-order valence-electron chi connectivity index (χ1n) is 7.22. The quantitative estimate of drug-likeness (QED) is 0.925. The molecule has 1 heterocycles. The molecule has 2 aromatic rings. The van der Waals surface area contributed by atoms with E-state index >= 15 is 0 Å². The number of nitrogens with one attached hydrogen (secondary N) is 1. The van der Waals surface area contributed by atoms with Crippen molar-refractivity contribution in [1.82, 2.24) is 0 Å². The lowest BCUT2D eigenvalue weighted by Gasteiger charge is -2.29. The summed E-state index contributed by atoms with van der Waals surface area (Å²) in [5, 5.41) is 2.65. The van der Waals surface area contributed by atoms with Gasteiger partial charge in [0, 0.05) is 12.6 Å². The van der Waals surface area contributed by atoms with Crippen molar-refractivity contribution in [1.29, 1.82) is 0 Å². The monoisotopic (exact) mass is 312 g/mol. The smallest absolute Gasteiger partial charge is 0.417 e. The van der Waals surface area contributed by atoms with Gasteiger partial charge in [0.05, 0.1) is 12.2 Å². The number of hydrogen-bond acceptors (Lipinski definition) is 4. The van der Waals surface area contributed by atoms with Crippen LogP contribution in [0.25, 0.3) is 0 Å². The topological polar surface area (TPSA) is 67.9 Å². The summed E-state index contributed by atoms with van der Waals surface area (Å²) in [7, 11) is 0. The lowest BCUT2D eigenvalue weighted by Crippen LogP contribution is -2.36. The molecule has 0 fully saturated rings. The number of fused-ring (bicyclic) bond motifs is 1. The van der Waals surface area contributed by atoms with Gasteiger partial charge in [-0.05, 0) is 30.3 Å². The van der Waals surface area contributed by atoms with Crippen molar-refractivity contribution in [2.45, 2.75) is 6.92 Å². The number of anilines is 2. The number of benzene rings is 2. The highest BCUT2D eigenvalue weighted by atomic mass is 16.6. The Morgan fingerprint density at radius 2 is 1.96 bits per heavy atom. The molecule has 1 aliphatic heterocycles. The van der Waals surface area contributed by atoms with Crippen molar-refractivity contribution in [3.8, 4) is 11.5 Å². The number of carbonyl (C=O) groups excluding carboxylic acids is 2. The van der Waals surface area contributed by atoms with E-state index in [9.17, 15) is 9.59 Å². The standard InChI is InChI=1S/C17H16N2O4/c1-12(20)19-9-10-22-16-8-7-13(11-15(16)19)18-17(21)23-14-5-3-2-4-6-14/h2-8,11H,9-10H2,1H3,(H,18,21). The van der Waals surface area contributed by atoms with Crippen LogP contribution in [0.2, 0.25) is 0 Å². The molecular weight excluding hydrogens is 296 g/mol. The molecule has 0 bridgehead atoms. The lowest BCUT2D eigenvalue weighted by atomic mass is 10.2. The summed E-state index contributed by atoms with van der Waals surface area (Å²) < 4.78 is 10.7. The molecule has 0 saturated heterocycles. The second kappa shape index (κ2) is 6.39. The summed E-state index contributed by atoms with van der Waals surface area (Å²) in [6.07, 6.45) is -0.595. The van der Waals surface area contributed by atoms with Crippen molar-refractivity contribution < 1.29 is 19.1 Å². The predicted molar refractivity (Wildman–Crippen MR) is 86.1 cm³/mol. The summed E-state index contributed by atoms with van der Waals surface area (Å²) >= 11 is 0. The maximum absolute atomic E-state index is 11.9. The van der Waals surface area contributed by atoms with E-state index in [1.807, 2.05) is 6.07 Å². The first kappa shape index (κ1) is 14.9. The second-order valence-corrected chi connectivity index (χ2v) is 5.03. The normalized spacial score (nSPS) is 12.8. The average Bonchev–Trinajstić information content (AvgIpc) is 2.55. The highest BCUT2D eigenvalue weighted by Crippen LogP contribution is 2.34. The molecule has 0 saturated carbocycles. The van der Waals surface area contributed by atoms with Gasteiger partial charge in [0.25, 0.3) is 0 Å². The zero-order valence-corrected chi connectivity index (χ0v) is 12.6. The van der Waals surface area contributed by atoms with Crippen LogP contribution in [-0.4, -0.2) is 25.2 Å². The summed E-state index contributed by atoms with van der Waals surface area (Å²) in [6, 6.07) is 13.9. The molecule has 0 unspecified atom stereocenters. The number of rotatable bonds is 2. The Morgan fingerprint density at radius 1 is 1.17 bits per heavy atom. The van der Waals surface area contributed by atoms with Crippen molar-refractivity contribution in [3.63, 3.8) is 0 Å². The Kier molecular flexibility index (Phi) is 4.14. The summed E-state index contributed by atoms with van der Waals surface area (Å²) in [6.45, 7) is 2.44. The molecule has 0 aromatic heterocycles. The molecule has 6 nitrogen and oxygen atoms in total. The molecular formula is C17H16N2O4. The lowest BCUT2D eigenvalue weighted by molar-refractivity contribution is -0.116. The number of carbonyl (C=O) groups is 2. The van der Waals surface area contributed by atoms with Crippen LogP contribution in [0, 0.1) is 0 Å². The second-order valence-electron chi connectivity index (χ2n) is 5.03. The maximum atomic E-state index is 11.9. The van der Waals surface area contributed by atoms with Crippen LogP contribution in [0.15, 0.2) is 48.5 Å². The minimum atomic E-state index is -0.595. The van der Waals surface area contributed by atoms with Crippen LogP contribution in [0.3, 0.4) is 0 Å². The van der Waals surface area contributed by atoms with E-state index in [1.165, 1.54) is 6.92 Å². The first-order chi connectivity index (χ1) is 11.1. The Bertz CT molecular complexity index is 731. The van der Waals surface area contributed by atoms with Crippen LogP contribution in [0.1, 0.15) is 6.92 Å². The van der Waals surface area contributed by atoms with E-state index in [-0.39, 0.29) is 5.91 Å². The molecule has 3 rings (SSSR count). The van der Waals surface area contributed by atoms with Gasteiger partial charge in [-0.2, -0.15) is 0 Å². The fourth-order valence-electron chi connectivity index (χ4n) is 2.36. The summed E-state index contributed by atoms with van der Waals surface area (Å²) in [5.41, 5.74) is 1.17. The Morgan fingerprint density at radius 3 is 2.70 bits per heavy atom. The first-order valence-corrected chi connectivity index (χ1v) is 7.22. The molecule has 23 heavy (non-hydrogen) atoms. The van der Waals surface area contributed by atoms with Crippen LogP contribution in [-0.2, 0) is 4.79 Å². The minimum Gasteiger partial charge on any atom is -0.490 e. The molecule has 0 radical (unpaired) electrons. The van der Waals surface area contributed by atoms with Crippen molar-refractivity contribution in [3.05, 3.63) is 48.5 Å². The summed E-state index contributed by atoms with van der Waals surface area (Å²) in [4.78, 5) is 25.2. The number of amides is 2. The van der Waals surface area contributed by atoms with E-state index < -0.39 is 6.09 Å². The largest absolute Gasteiger partial charge is 0.490 e. The van der Waals surface area contributed by atoms with Gasteiger partial charge in [-0.1, -0.05) is 18.2 Å². The third-order valence-electron chi connectivity index (χ3n) is 3.40. The van der Waals surface area contributed by atoms with Gasteiger partial charge in [0.2, 0.25) is 5.91 Å². The van der Waals surface area contributed by atoms with Gasteiger partial charge in [0.1, 0.15) is 18.1 Å². The van der Waals surface area contributed by atoms with Gasteiger partial charge >= 0.3 is 6.09 Å². The summed E-state index contributed by atoms with van der Waals surface area (Å²) in [5.74, 6) is 1.00. The van der Waals surface area contributed by atoms with E-state index in [0.29, 0.717) is 36.0 Å². The zero-order chi connectivity index (χ0) is 16.2. The van der Waals surface area contributed by atoms with Crippen LogP contribution >= 0.6 is 0 Å². The fourth-order valence-corrected chi connectivity index (χ4v) is 2.36. The predicted octanol–water partition coefficient (Wildman–Crippen LogP) is 3.04. The highest BCUT2D eigenvalue weighted by molar-refractivity contribution is 5.95. The maximum Gasteiger partial charge on any atom is 0.417 e. The van der Waals surface area contributed by atoms with E-state index in [0.717, 1.165) is 0 Å². The average molecular weight is 312 g/mol. The van der Waals surface area contributed by atoms with E-state index in [2.05, 4.69) is 5.32 Å². The molecule has 0 atom stereocenters. The molecule has 0 aliphatic carbocycles. The van der Waals surface area contributed by atoms with Crippen molar-refractivity contribution in [2.75, 3.05) is 23.4 Å². The van der Waals surface area contributed by atoms with Gasteiger partial charge in [-0.3, -0.25) is 10.1 Å². The van der Waals surface area contributed by atoms with Crippen molar-refractivity contribution in [2.24, 2.45) is 0 Å². The molecule has 1 N–H and O–H groups in total. The number of nitrogens with zero attached hydrogens (tertiary/aromatic N) is 1. The van der Waals surface area contributed by atoms with E-state index in [4.69, 9.17) is 9.47 Å². The van der Waals surface area contributed by atoms with Crippen LogP contribution < -0.4 is 19.7 Å². The van der Waals surface area contributed by atoms with Crippen molar-refractivity contribution >= 4 is 23.4 Å². The third kappa shape index (κ3) is 3.42. The molecule has 1 aliphatic rings. The number of para-hydroxylation sites is 1. The Hall–Kier alpha value is -3.02. The Balaban J connectivity index is 1.75. The SMILES string of the molecule is CC(=O)N1CCOc2ccc(NC(=O)Oc3ccccc3)cc21. The van der Waals surface area contributed by atoms with Gasteiger partial charge in [0.15, 0.2) is 0 Å². The Labute approximate surface area is 133 Å². The molecule has 6 heteroatoms. The molecule has 2 amide bonds. The fraction of sp³-hybridized carbons (Fsp3) is 0.176. The van der Waals surface area contributed by atoms with Crippen LogP contribution in [0.4, 0.5) is 16.2 Å². The number of ether oxygens (including phenoxy) is 2. The van der Waals surface area contributed by atoms with Crippen LogP contribution in [0.5, 0.6) is 11.5 Å². The highest BCUT2D eigenvalue weighted by Gasteiger charge is 2.21. The van der Waals surface area contributed by atoms with E-state index in [1.54, 1.807) is 47.4 Å². The molecule has 0 spiro atoms. The molecule has 118 valence electrons. The minimum absolute atomic E-state index is 0.0708. The van der Waals surface area contributed by atoms with Gasteiger partial charge < -0.3 is 14.4 Å².